The van der Waals surface area contributed by atoms with Gasteiger partial charge in [0.05, 0.1) is 0 Å². The van der Waals surface area contributed by atoms with Gasteiger partial charge in [0.2, 0.25) is 0 Å². The Hall–Kier alpha value is -0.160. The first-order chi connectivity index (χ1) is 8.70. The van der Waals surface area contributed by atoms with E-state index in [4.69, 9.17) is 22.9 Å². The topological polar surface area (TPSA) is 104 Å². The van der Waals surface area contributed by atoms with Gasteiger partial charge in [0.25, 0.3) is 0 Å². The summed E-state index contributed by atoms with van der Waals surface area (Å²) in [6.45, 7) is 4.53. The molecule has 0 aromatic rings. The minimum absolute atomic E-state index is 0.0692. The lowest BCUT2D eigenvalue weighted by molar-refractivity contribution is 0.00360. The van der Waals surface area contributed by atoms with Crippen molar-refractivity contribution in [2.45, 2.75) is 88.4 Å². The Bertz CT molecular complexity index is 280. The van der Waals surface area contributed by atoms with Crippen molar-refractivity contribution in [2.24, 2.45) is 28.3 Å². The van der Waals surface area contributed by atoms with Gasteiger partial charge >= 0.3 is 0 Å². The van der Waals surface area contributed by atoms with Gasteiger partial charge in [-0.1, -0.05) is 13.8 Å². The van der Waals surface area contributed by atoms with E-state index in [2.05, 4.69) is 13.8 Å². The lowest BCUT2D eigenvalue weighted by atomic mass is 9.53. The number of hydrogen-bond donors (Lipinski definition) is 4. The summed E-state index contributed by atoms with van der Waals surface area (Å²) in [4.78, 5) is 0. The average Bonchev–Trinajstić information content (AvgIpc) is 2.36. The Morgan fingerprint density at radius 1 is 0.737 bits per heavy atom. The minimum atomic E-state index is -0.181. The fourth-order valence-corrected chi connectivity index (χ4v) is 4.06. The molecule has 0 spiro atoms. The van der Waals surface area contributed by atoms with Crippen LogP contribution in [0.1, 0.15) is 65.2 Å². The minimum Gasteiger partial charge on any atom is -0.328 e. The van der Waals surface area contributed by atoms with E-state index in [-0.39, 0.29) is 16.5 Å². The number of nitrogens with two attached hydrogens (primary N) is 4. The maximum Gasteiger partial charge on any atom is 0.0224 e. The quantitative estimate of drug-likeness (QED) is 0.604. The van der Waals surface area contributed by atoms with Crippen molar-refractivity contribution in [1.29, 1.82) is 0 Å². The summed E-state index contributed by atoms with van der Waals surface area (Å²) >= 11 is 0. The van der Waals surface area contributed by atoms with Crippen LogP contribution in [0, 0.1) is 5.41 Å². The SMILES string of the molecule is CC(C)(C1(N)CCC(N)CC1)C1(N)CCC(N)CC1. The molecule has 4 heteroatoms. The van der Waals surface area contributed by atoms with Gasteiger partial charge in [0, 0.05) is 28.6 Å². The third-order valence-corrected chi connectivity index (χ3v) is 6.33. The summed E-state index contributed by atoms with van der Waals surface area (Å²) in [5, 5.41) is 0. The molecule has 0 atom stereocenters. The van der Waals surface area contributed by atoms with Crippen LogP contribution in [0.3, 0.4) is 0 Å². The zero-order chi connectivity index (χ0) is 14.3. The first-order valence-corrected chi connectivity index (χ1v) is 7.79. The molecular formula is C15H32N4. The molecule has 2 saturated carbocycles. The van der Waals surface area contributed by atoms with E-state index >= 15 is 0 Å². The van der Waals surface area contributed by atoms with E-state index in [0.717, 1.165) is 51.4 Å². The van der Waals surface area contributed by atoms with Crippen LogP contribution in [-0.4, -0.2) is 23.2 Å². The fraction of sp³-hybridized carbons (Fsp3) is 1.00. The molecular weight excluding hydrogens is 236 g/mol. The second-order valence-corrected chi connectivity index (χ2v) is 7.61. The second kappa shape index (κ2) is 4.99. The van der Waals surface area contributed by atoms with Crippen molar-refractivity contribution >= 4 is 0 Å². The summed E-state index contributed by atoms with van der Waals surface area (Å²) < 4.78 is 0. The molecule has 19 heavy (non-hydrogen) atoms. The smallest absolute Gasteiger partial charge is 0.0224 e. The van der Waals surface area contributed by atoms with Crippen LogP contribution in [0.15, 0.2) is 0 Å². The van der Waals surface area contributed by atoms with Crippen LogP contribution >= 0.6 is 0 Å². The lowest BCUT2D eigenvalue weighted by Gasteiger charge is -2.58. The fourth-order valence-electron chi connectivity index (χ4n) is 4.06. The zero-order valence-corrected chi connectivity index (χ0v) is 12.6. The molecule has 2 aliphatic carbocycles. The Kier molecular flexibility index (Phi) is 4.00. The third kappa shape index (κ3) is 2.56. The highest BCUT2D eigenvalue weighted by molar-refractivity contribution is 5.13. The molecule has 0 saturated heterocycles. The van der Waals surface area contributed by atoms with Crippen LogP contribution in [0.2, 0.25) is 0 Å². The summed E-state index contributed by atoms with van der Waals surface area (Å²) in [7, 11) is 0. The highest BCUT2D eigenvalue weighted by Gasteiger charge is 2.54. The van der Waals surface area contributed by atoms with E-state index in [1.807, 2.05) is 0 Å². The average molecular weight is 268 g/mol. The maximum absolute atomic E-state index is 6.78. The molecule has 2 fully saturated rings. The van der Waals surface area contributed by atoms with Crippen molar-refractivity contribution < 1.29 is 0 Å². The van der Waals surface area contributed by atoms with Crippen molar-refractivity contribution in [2.75, 3.05) is 0 Å². The highest BCUT2D eigenvalue weighted by Crippen LogP contribution is 2.50. The molecule has 0 radical (unpaired) electrons. The molecule has 4 nitrogen and oxygen atoms in total. The second-order valence-electron chi connectivity index (χ2n) is 7.61. The first kappa shape index (κ1) is 15.2. The van der Waals surface area contributed by atoms with Gasteiger partial charge in [-0.3, -0.25) is 0 Å². The molecule has 0 amide bonds. The first-order valence-electron chi connectivity index (χ1n) is 7.79. The van der Waals surface area contributed by atoms with E-state index in [0.29, 0.717) is 12.1 Å². The summed E-state index contributed by atoms with van der Waals surface area (Å²) in [5.74, 6) is 0. The Balaban J connectivity index is 2.16. The molecule has 0 heterocycles. The van der Waals surface area contributed by atoms with E-state index in [9.17, 15) is 0 Å². The zero-order valence-electron chi connectivity index (χ0n) is 12.6. The van der Waals surface area contributed by atoms with Gasteiger partial charge in [-0.15, -0.1) is 0 Å². The molecule has 0 bridgehead atoms. The third-order valence-electron chi connectivity index (χ3n) is 6.33. The monoisotopic (exact) mass is 268 g/mol. The van der Waals surface area contributed by atoms with Crippen molar-refractivity contribution in [3.05, 3.63) is 0 Å². The van der Waals surface area contributed by atoms with E-state index in [1.165, 1.54) is 0 Å². The predicted octanol–water partition coefficient (Wildman–Crippen LogP) is 1.21. The molecule has 0 aromatic carbocycles. The van der Waals surface area contributed by atoms with Gasteiger partial charge in [0.1, 0.15) is 0 Å². The molecule has 0 aliphatic heterocycles. The van der Waals surface area contributed by atoms with Crippen LogP contribution in [-0.2, 0) is 0 Å². The molecule has 8 N–H and O–H groups in total. The van der Waals surface area contributed by atoms with Gasteiger partial charge in [-0.05, 0) is 51.4 Å². The van der Waals surface area contributed by atoms with E-state index in [1.54, 1.807) is 0 Å². The highest BCUT2D eigenvalue weighted by atomic mass is 14.9. The van der Waals surface area contributed by atoms with Gasteiger partial charge in [-0.2, -0.15) is 0 Å². The Labute approximate surface area is 117 Å². The normalized spacial score (nSPS) is 45.2. The molecule has 0 aromatic heterocycles. The van der Waals surface area contributed by atoms with Crippen LogP contribution in [0.4, 0.5) is 0 Å². The number of hydrogen-bond acceptors (Lipinski definition) is 4. The van der Waals surface area contributed by atoms with Crippen LogP contribution in [0.5, 0.6) is 0 Å². The van der Waals surface area contributed by atoms with Crippen LogP contribution < -0.4 is 22.9 Å². The van der Waals surface area contributed by atoms with Crippen LogP contribution in [0.25, 0.3) is 0 Å². The molecule has 0 unspecified atom stereocenters. The summed E-state index contributed by atoms with van der Waals surface area (Å²) in [6.07, 6.45) is 8.06. The maximum atomic E-state index is 6.78. The van der Waals surface area contributed by atoms with Crippen molar-refractivity contribution in [3.63, 3.8) is 0 Å². The van der Waals surface area contributed by atoms with Crippen molar-refractivity contribution in [3.8, 4) is 0 Å². The Morgan fingerprint density at radius 3 is 1.26 bits per heavy atom. The molecule has 112 valence electrons. The standard InChI is InChI=1S/C15H32N4/c1-13(2,14(18)7-3-11(16)4-8-14)15(19)9-5-12(17)6-10-15/h11-12H,3-10,16-19H2,1-2H3. The predicted molar refractivity (Wildman–Crippen MR) is 80.5 cm³/mol. The van der Waals surface area contributed by atoms with Gasteiger partial charge < -0.3 is 22.9 Å². The molecule has 2 aliphatic rings. The van der Waals surface area contributed by atoms with Gasteiger partial charge in [-0.25, -0.2) is 0 Å². The van der Waals surface area contributed by atoms with Crippen molar-refractivity contribution in [1.82, 2.24) is 0 Å². The largest absolute Gasteiger partial charge is 0.328 e. The summed E-state index contributed by atoms with van der Waals surface area (Å²) in [6, 6.07) is 0.641. The lowest BCUT2D eigenvalue weighted by Crippen LogP contribution is -2.69. The van der Waals surface area contributed by atoms with Gasteiger partial charge in [0.15, 0.2) is 0 Å². The van der Waals surface area contributed by atoms with E-state index < -0.39 is 0 Å². The molecule has 2 rings (SSSR count). The Morgan fingerprint density at radius 2 is 1.00 bits per heavy atom. The number of rotatable bonds is 2. The summed E-state index contributed by atoms with van der Waals surface area (Å²) in [5.41, 5.74) is 25.2.